The lowest BCUT2D eigenvalue weighted by atomic mass is 10.1. The first-order valence-electron chi connectivity index (χ1n) is 6.65. The molecule has 1 aliphatic heterocycles. The molecule has 6 nitrogen and oxygen atoms in total. The van der Waals surface area contributed by atoms with Crippen LogP contribution in [0.2, 0.25) is 0 Å². The quantitative estimate of drug-likeness (QED) is 0.518. The van der Waals surface area contributed by atoms with Gasteiger partial charge in [0.15, 0.2) is 16.6 Å². The summed E-state index contributed by atoms with van der Waals surface area (Å²) in [6.45, 7) is 2.19. The highest BCUT2D eigenvalue weighted by Crippen LogP contribution is 2.32. The molecule has 1 N–H and O–H groups in total. The first-order valence-corrected chi connectivity index (χ1v) is 7.05. The van der Waals surface area contributed by atoms with E-state index in [-0.39, 0.29) is 16.4 Å². The van der Waals surface area contributed by atoms with Crippen molar-refractivity contribution in [2.75, 3.05) is 20.7 Å². The fourth-order valence-corrected chi connectivity index (χ4v) is 2.22. The number of carbonyl (C=O) groups is 2. The van der Waals surface area contributed by atoms with Crippen molar-refractivity contribution in [3.63, 3.8) is 0 Å². The van der Waals surface area contributed by atoms with Gasteiger partial charge in [0.25, 0.3) is 11.8 Å². The summed E-state index contributed by atoms with van der Waals surface area (Å²) in [5, 5.41) is 10.3. The van der Waals surface area contributed by atoms with Gasteiger partial charge in [0.1, 0.15) is 5.57 Å². The molecule has 0 saturated carbocycles. The second-order valence-corrected chi connectivity index (χ2v) is 5.06. The molecule has 1 fully saturated rings. The molecule has 1 aromatic carbocycles. The van der Waals surface area contributed by atoms with Crippen LogP contribution in [0.3, 0.4) is 0 Å². The number of carbonyl (C=O) groups excluding carboxylic acids is 2. The van der Waals surface area contributed by atoms with Gasteiger partial charge in [-0.25, -0.2) is 0 Å². The van der Waals surface area contributed by atoms with Gasteiger partial charge in [0.2, 0.25) is 0 Å². The Balaban J connectivity index is 2.48. The SMILES string of the molecule is CCOc1cccc(C=C2C(=O)N(C)C(=S)N(C)C2=O)c1O. The number of rotatable bonds is 3. The summed E-state index contributed by atoms with van der Waals surface area (Å²) in [7, 11) is 3.00. The molecule has 1 aliphatic rings. The Hall–Kier alpha value is -2.41. The Labute approximate surface area is 133 Å². The zero-order valence-corrected chi connectivity index (χ0v) is 13.3. The summed E-state index contributed by atoms with van der Waals surface area (Å²) < 4.78 is 5.29. The number of hydrogen-bond acceptors (Lipinski definition) is 5. The van der Waals surface area contributed by atoms with Gasteiger partial charge in [-0.15, -0.1) is 0 Å². The van der Waals surface area contributed by atoms with Gasteiger partial charge in [-0.2, -0.15) is 0 Å². The number of ether oxygens (including phenoxy) is 1. The molecule has 116 valence electrons. The van der Waals surface area contributed by atoms with Crippen LogP contribution < -0.4 is 4.74 Å². The molecule has 2 amide bonds. The molecule has 0 bridgehead atoms. The number of hydrogen-bond donors (Lipinski definition) is 1. The molecule has 1 aromatic rings. The van der Waals surface area contributed by atoms with E-state index in [9.17, 15) is 14.7 Å². The molecule has 0 unspecified atom stereocenters. The lowest BCUT2D eigenvalue weighted by Crippen LogP contribution is -2.52. The maximum absolute atomic E-state index is 12.2. The summed E-state index contributed by atoms with van der Waals surface area (Å²) in [5.74, 6) is -0.829. The Kier molecular flexibility index (Phi) is 4.46. The molecule has 2 rings (SSSR count). The molecule has 22 heavy (non-hydrogen) atoms. The fraction of sp³-hybridized carbons (Fsp3) is 0.267. The predicted octanol–water partition coefficient (Wildman–Crippen LogP) is 1.39. The molecule has 0 aromatic heterocycles. The minimum atomic E-state index is -0.505. The summed E-state index contributed by atoms with van der Waals surface area (Å²) in [6.07, 6.45) is 1.34. The van der Waals surface area contributed by atoms with E-state index in [1.54, 1.807) is 25.1 Å². The van der Waals surface area contributed by atoms with E-state index >= 15 is 0 Å². The van der Waals surface area contributed by atoms with Crippen molar-refractivity contribution in [1.29, 1.82) is 0 Å². The van der Waals surface area contributed by atoms with Gasteiger partial charge in [-0.05, 0) is 31.3 Å². The van der Waals surface area contributed by atoms with Gasteiger partial charge in [0, 0.05) is 19.7 Å². The summed E-state index contributed by atoms with van der Waals surface area (Å²) in [6, 6.07) is 4.88. The van der Waals surface area contributed by atoms with Gasteiger partial charge >= 0.3 is 0 Å². The van der Waals surface area contributed by atoms with E-state index in [0.29, 0.717) is 17.9 Å². The van der Waals surface area contributed by atoms with E-state index in [1.165, 1.54) is 30.0 Å². The molecular weight excluding hydrogens is 304 g/mol. The Morgan fingerprint density at radius 2 is 1.82 bits per heavy atom. The zero-order valence-electron chi connectivity index (χ0n) is 12.5. The standard InChI is InChI=1S/C15H16N2O4S/c1-4-21-11-7-5-6-9(12(11)18)8-10-13(19)16(2)15(22)17(3)14(10)20/h5-8,18H,4H2,1-3H3. The summed E-state index contributed by atoms with van der Waals surface area (Å²) in [4.78, 5) is 26.9. The minimum Gasteiger partial charge on any atom is -0.504 e. The minimum absolute atomic E-state index is 0.0671. The first-order chi connectivity index (χ1) is 10.4. The van der Waals surface area contributed by atoms with Crippen LogP contribution in [0.1, 0.15) is 12.5 Å². The topological polar surface area (TPSA) is 70.1 Å². The van der Waals surface area contributed by atoms with Crippen LogP contribution in [0.15, 0.2) is 23.8 Å². The number of phenols is 1. The average Bonchev–Trinajstić information content (AvgIpc) is 2.51. The van der Waals surface area contributed by atoms with Gasteiger partial charge in [0.05, 0.1) is 6.61 Å². The van der Waals surface area contributed by atoms with E-state index in [0.717, 1.165) is 0 Å². The van der Waals surface area contributed by atoms with Gasteiger partial charge in [-0.3, -0.25) is 19.4 Å². The van der Waals surface area contributed by atoms with Crippen LogP contribution in [-0.4, -0.2) is 52.5 Å². The molecular formula is C15H16N2O4S. The van der Waals surface area contributed by atoms with Crippen molar-refractivity contribution >= 4 is 35.2 Å². The smallest absolute Gasteiger partial charge is 0.265 e. The summed E-state index contributed by atoms with van der Waals surface area (Å²) >= 11 is 5.02. The monoisotopic (exact) mass is 320 g/mol. The highest BCUT2D eigenvalue weighted by Gasteiger charge is 2.35. The number of likely N-dealkylation sites (N-methyl/N-ethyl adjacent to an activating group) is 2. The maximum atomic E-state index is 12.2. The number of thiocarbonyl (C=S) groups is 1. The highest BCUT2D eigenvalue weighted by molar-refractivity contribution is 7.80. The Bertz CT molecular complexity index is 658. The fourth-order valence-electron chi connectivity index (χ4n) is 2.06. The van der Waals surface area contributed by atoms with E-state index < -0.39 is 11.8 Å². The van der Waals surface area contributed by atoms with E-state index in [4.69, 9.17) is 17.0 Å². The molecule has 0 radical (unpaired) electrons. The molecule has 0 atom stereocenters. The largest absolute Gasteiger partial charge is 0.504 e. The third kappa shape index (κ3) is 2.67. The van der Waals surface area contributed by atoms with Crippen LogP contribution in [0.25, 0.3) is 6.08 Å². The number of benzene rings is 1. The number of aromatic hydroxyl groups is 1. The third-order valence-electron chi connectivity index (χ3n) is 3.27. The van der Waals surface area contributed by atoms with E-state index in [2.05, 4.69) is 0 Å². The van der Waals surface area contributed by atoms with Crippen molar-refractivity contribution in [3.8, 4) is 11.5 Å². The van der Waals surface area contributed by atoms with Crippen LogP contribution in [0.4, 0.5) is 0 Å². The molecule has 0 aliphatic carbocycles. The predicted molar refractivity (Wildman–Crippen MR) is 85.4 cm³/mol. The third-order valence-corrected chi connectivity index (χ3v) is 3.82. The van der Waals surface area contributed by atoms with Crippen LogP contribution in [0.5, 0.6) is 11.5 Å². The van der Waals surface area contributed by atoms with Crippen LogP contribution >= 0.6 is 12.2 Å². The van der Waals surface area contributed by atoms with Gasteiger partial charge in [-0.1, -0.05) is 12.1 Å². The second-order valence-electron chi connectivity index (χ2n) is 4.70. The van der Waals surface area contributed by atoms with Crippen molar-refractivity contribution < 1.29 is 19.4 Å². The lowest BCUT2D eigenvalue weighted by molar-refractivity contribution is -0.132. The van der Waals surface area contributed by atoms with Crippen LogP contribution in [-0.2, 0) is 9.59 Å². The Morgan fingerprint density at radius 1 is 1.23 bits per heavy atom. The van der Waals surface area contributed by atoms with Crippen molar-refractivity contribution in [1.82, 2.24) is 9.80 Å². The molecule has 1 heterocycles. The lowest BCUT2D eigenvalue weighted by Gasteiger charge is -2.31. The number of nitrogens with zero attached hydrogens (tertiary/aromatic N) is 2. The molecule has 7 heteroatoms. The maximum Gasteiger partial charge on any atom is 0.265 e. The van der Waals surface area contributed by atoms with E-state index in [1.807, 2.05) is 0 Å². The zero-order chi connectivity index (χ0) is 16.4. The molecule has 1 saturated heterocycles. The van der Waals surface area contributed by atoms with Crippen molar-refractivity contribution in [2.45, 2.75) is 6.92 Å². The second kappa shape index (κ2) is 6.15. The highest BCUT2D eigenvalue weighted by atomic mass is 32.1. The normalized spacial score (nSPS) is 15.4. The molecule has 0 spiro atoms. The van der Waals surface area contributed by atoms with Crippen LogP contribution in [0, 0.1) is 0 Å². The van der Waals surface area contributed by atoms with Gasteiger partial charge < -0.3 is 9.84 Å². The summed E-state index contributed by atoms with van der Waals surface area (Å²) in [5.41, 5.74) is 0.264. The number of phenolic OH excluding ortho intramolecular Hbond substituents is 1. The van der Waals surface area contributed by atoms with Crippen molar-refractivity contribution in [2.24, 2.45) is 0 Å². The first kappa shape index (κ1) is 16.0. The van der Waals surface area contributed by atoms with Crippen molar-refractivity contribution in [3.05, 3.63) is 29.3 Å². The number of para-hydroxylation sites is 1. The Morgan fingerprint density at radius 3 is 2.36 bits per heavy atom. The average molecular weight is 320 g/mol. The number of amides is 2.